The van der Waals surface area contributed by atoms with Crippen molar-refractivity contribution in [1.82, 2.24) is 0 Å². The van der Waals surface area contributed by atoms with E-state index >= 15 is 0 Å². The minimum atomic E-state index is -0.391. The van der Waals surface area contributed by atoms with Gasteiger partial charge in [-0.25, -0.2) is 4.79 Å². The Kier molecular flexibility index (Phi) is 6.33. The van der Waals surface area contributed by atoms with Crippen molar-refractivity contribution in [3.05, 3.63) is 84.4 Å². The first kappa shape index (κ1) is 18.0. The number of carbonyl (C=O) groups is 1. The highest BCUT2D eigenvalue weighted by atomic mass is 16.6. The number of nitrogens with zero attached hydrogens (tertiary/aromatic N) is 1. The maximum absolute atomic E-state index is 11.9. The summed E-state index contributed by atoms with van der Waals surface area (Å²) in [6.07, 6.45) is 1.87. The molecule has 0 radical (unpaired) electrons. The minimum absolute atomic E-state index is 0.364. The van der Waals surface area contributed by atoms with Gasteiger partial charge in [0.1, 0.15) is 6.54 Å². The van der Waals surface area contributed by atoms with Crippen molar-refractivity contribution in [2.24, 2.45) is 0 Å². The van der Waals surface area contributed by atoms with Crippen LogP contribution in [-0.4, -0.2) is 24.0 Å². The van der Waals surface area contributed by atoms with Gasteiger partial charge in [0.2, 0.25) is 0 Å². The molecular weight excluding hydrogens is 298 g/mol. The SMILES string of the molecule is C=CC(=O)OC(c1ccccc1)[N+](C)(CCC)Cc1ccccc1. The molecule has 0 aliphatic heterocycles. The van der Waals surface area contributed by atoms with Crippen LogP contribution in [-0.2, 0) is 16.1 Å². The maximum Gasteiger partial charge on any atom is 0.334 e. The largest absolute Gasteiger partial charge is 0.405 e. The highest BCUT2D eigenvalue weighted by Crippen LogP contribution is 2.31. The highest BCUT2D eigenvalue weighted by molar-refractivity contribution is 5.81. The Bertz CT molecular complexity index is 654. The summed E-state index contributed by atoms with van der Waals surface area (Å²) >= 11 is 0. The van der Waals surface area contributed by atoms with Crippen LogP contribution in [0, 0.1) is 0 Å². The highest BCUT2D eigenvalue weighted by Gasteiger charge is 2.36. The number of hydrogen-bond donors (Lipinski definition) is 0. The third kappa shape index (κ3) is 4.56. The van der Waals surface area contributed by atoms with Crippen molar-refractivity contribution >= 4 is 5.97 Å². The summed E-state index contributed by atoms with van der Waals surface area (Å²) in [7, 11) is 2.14. The van der Waals surface area contributed by atoms with Gasteiger partial charge < -0.3 is 4.74 Å². The summed E-state index contributed by atoms with van der Waals surface area (Å²) in [4.78, 5) is 11.9. The number of carbonyl (C=O) groups excluding carboxylic acids is 1. The smallest absolute Gasteiger partial charge is 0.334 e. The van der Waals surface area contributed by atoms with Gasteiger partial charge in [-0.3, -0.25) is 4.48 Å². The second-order valence-corrected chi connectivity index (χ2v) is 6.25. The van der Waals surface area contributed by atoms with Crippen molar-refractivity contribution in [3.8, 4) is 0 Å². The molecule has 3 nitrogen and oxygen atoms in total. The molecule has 0 amide bonds. The molecule has 126 valence electrons. The molecule has 3 heteroatoms. The molecule has 2 unspecified atom stereocenters. The molecule has 0 aliphatic rings. The van der Waals surface area contributed by atoms with E-state index in [1.54, 1.807) is 0 Å². The van der Waals surface area contributed by atoms with Crippen molar-refractivity contribution in [3.63, 3.8) is 0 Å². The molecule has 2 atom stereocenters. The zero-order valence-electron chi connectivity index (χ0n) is 14.5. The van der Waals surface area contributed by atoms with Crippen LogP contribution in [0.3, 0.4) is 0 Å². The lowest BCUT2D eigenvalue weighted by atomic mass is 10.1. The van der Waals surface area contributed by atoms with Crippen molar-refractivity contribution in [1.29, 1.82) is 0 Å². The number of ether oxygens (including phenoxy) is 1. The van der Waals surface area contributed by atoms with Crippen LogP contribution in [0.1, 0.15) is 30.7 Å². The van der Waals surface area contributed by atoms with Crippen LogP contribution in [0.25, 0.3) is 0 Å². The van der Waals surface area contributed by atoms with Gasteiger partial charge in [-0.2, -0.15) is 0 Å². The Morgan fingerprint density at radius 1 is 1.12 bits per heavy atom. The molecule has 0 heterocycles. The van der Waals surface area contributed by atoms with E-state index in [4.69, 9.17) is 4.74 Å². The minimum Gasteiger partial charge on any atom is -0.405 e. The normalized spacial score (nSPS) is 14.4. The predicted octanol–water partition coefficient (Wildman–Crippen LogP) is 4.47. The van der Waals surface area contributed by atoms with Crippen molar-refractivity contribution in [2.75, 3.05) is 13.6 Å². The number of hydrogen-bond acceptors (Lipinski definition) is 2. The zero-order chi connectivity index (χ0) is 17.4. The quantitative estimate of drug-likeness (QED) is 0.310. The first-order valence-electron chi connectivity index (χ1n) is 8.35. The van der Waals surface area contributed by atoms with Gasteiger partial charge in [0.15, 0.2) is 0 Å². The fourth-order valence-electron chi connectivity index (χ4n) is 3.12. The summed E-state index contributed by atoms with van der Waals surface area (Å²) in [6.45, 7) is 7.38. The third-order valence-corrected chi connectivity index (χ3v) is 4.17. The average Bonchev–Trinajstić information content (AvgIpc) is 2.61. The molecule has 0 bridgehead atoms. The lowest BCUT2D eigenvalue weighted by Crippen LogP contribution is -2.48. The van der Waals surface area contributed by atoms with E-state index in [-0.39, 0.29) is 6.23 Å². The maximum atomic E-state index is 11.9. The monoisotopic (exact) mass is 324 g/mol. The standard InChI is InChI=1S/C21H26NO2/c1-4-16-22(3,17-18-12-8-6-9-13-18)21(24-20(23)5-2)19-14-10-7-11-15-19/h5-15,21H,2,4,16-17H2,1,3H3/q+1. The topological polar surface area (TPSA) is 26.3 Å². The van der Waals surface area contributed by atoms with Crippen LogP contribution < -0.4 is 0 Å². The number of benzene rings is 2. The molecule has 0 aromatic heterocycles. The summed E-state index contributed by atoms with van der Waals surface area (Å²) < 4.78 is 6.39. The van der Waals surface area contributed by atoms with E-state index in [1.165, 1.54) is 11.6 Å². The Labute approximate surface area is 144 Å². The molecule has 0 N–H and O–H groups in total. The molecule has 2 aromatic rings. The Hall–Kier alpha value is -2.39. The van der Waals surface area contributed by atoms with Gasteiger partial charge >= 0.3 is 5.97 Å². The molecule has 2 rings (SSSR count). The second kappa shape index (κ2) is 8.46. The van der Waals surface area contributed by atoms with Crippen molar-refractivity contribution < 1.29 is 14.0 Å². The van der Waals surface area contributed by atoms with Gasteiger partial charge in [-0.15, -0.1) is 0 Å². The molecule has 24 heavy (non-hydrogen) atoms. The van der Waals surface area contributed by atoms with E-state index in [2.05, 4.69) is 32.7 Å². The Morgan fingerprint density at radius 2 is 1.71 bits per heavy atom. The summed E-state index contributed by atoms with van der Waals surface area (Å²) in [5, 5.41) is 0. The molecule has 0 fully saturated rings. The van der Waals surface area contributed by atoms with E-state index in [9.17, 15) is 4.79 Å². The number of esters is 1. The van der Waals surface area contributed by atoms with Gasteiger partial charge in [0.25, 0.3) is 6.23 Å². The average molecular weight is 324 g/mol. The first-order valence-corrected chi connectivity index (χ1v) is 8.35. The van der Waals surface area contributed by atoms with E-state index in [0.717, 1.165) is 25.1 Å². The lowest BCUT2D eigenvalue weighted by Gasteiger charge is -2.40. The molecule has 0 aliphatic carbocycles. The Morgan fingerprint density at radius 3 is 2.25 bits per heavy atom. The van der Waals surface area contributed by atoms with Crippen LogP contribution >= 0.6 is 0 Å². The Balaban J connectivity index is 2.40. The predicted molar refractivity (Wildman–Crippen MR) is 97.0 cm³/mol. The van der Waals surface area contributed by atoms with Crippen LogP contribution in [0.2, 0.25) is 0 Å². The molecule has 0 spiro atoms. The fourth-order valence-corrected chi connectivity index (χ4v) is 3.12. The number of quaternary nitrogens is 1. The van der Waals surface area contributed by atoms with Crippen LogP contribution in [0.15, 0.2) is 73.3 Å². The summed E-state index contributed by atoms with van der Waals surface area (Å²) in [5.74, 6) is -0.391. The zero-order valence-corrected chi connectivity index (χ0v) is 14.5. The molecular formula is C21H26NO2+. The van der Waals surface area contributed by atoms with E-state index in [1.807, 2.05) is 48.5 Å². The molecule has 2 aromatic carbocycles. The van der Waals surface area contributed by atoms with Gasteiger partial charge in [0.05, 0.1) is 19.2 Å². The molecule has 0 saturated heterocycles. The molecule has 0 saturated carbocycles. The van der Waals surface area contributed by atoms with Gasteiger partial charge in [0, 0.05) is 11.6 Å². The lowest BCUT2D eigenvalue weighted by molar-refractivity contribution is -0.971. The fraction of sp³-hybridized carbons (Fsp3) is 0.286. The second-order valence-electron chi connectivity index (χ2n) is 6.25. The van der Waals surface area contributed by atoms with Gasteiger partial charge in [-0.1, -0.05) is 62.0 Å². The number of rotatable bonds is 8. The van der Waals surface area contributed by atoms with Gasteiger partial charge in [-0.05, 0) is 18.6 Å². The third-order valence-electron chi connectivity index (χ3n) is 4.17. The summed E-state index contributed by atoms with van der Waals surface area (Å²) in [6, 6.07) is 20.3. The summed E-state index contributed by atoms with van der Waals surface area (Å²) in [5.41, 5.74) is 2.23. The van der Waals surface area contributed by atoms with Crippen LogP contribution in [0.4, 0.5) is 0 Å². The van der Waals surface area contributed by atoms with E-state index in [0.29, 0.717) is 4.48 Å². The van der Waals surface area contributed by atoms with Crippen LogP contribution in [0.5, 0.6) is 0 Å². The van der Waals surface area contributed by atoms with Crippen molar-refractivity contribution in [2.45, 2.75) is 26.1 Å². The first-order chi connectivity index (χ1) is 11.6. The van der Waals surface area contributed by atoms with E-state index < -0.39 is 5.97 Å².